The molecule has 1 saturated heterocycles. The van der Waals surface area contributed by atoms with Crippen LogP contribution in [0.1, 0.15) is 22.3 Å². The first kappa shape index (κ1) is 15.7. The fraction of sp³-hybridized carbons (Fsp3) is 0.316. The number of amides is 1. The van der Waals surface area contributed by atoms with E-state index in [1.807, 2.05) is 29.2 Å². The van der Waals surface area contributed by atoms with E-state index < -0.39 is 0 Å². The van der Waals surface area contributed by atoms with Crippen molar-refractivity contribution < 1.29 is 4.79 Å². The van der Waals surface area contributed by atoms with E-state index in [-0.39, 0.29) is 11.9 Å². The van der Waals surface area contributed by atoms with Crippen molar-refractivity contribution in [3.05, 3.63) is 59.7 Å². The van der Waals surface area contributed by atoms with Gasteiger partial charge in [0.25, 0.3) is 5.91 Å². The molecule has 1 atom stereocenters. The summed E-state index contributed by atoms with van der Waals surface area (Å²) >= 11 is 0. The summed E-state index contributed by atoms with van der Waals surface area (Å²) in [5, 5.41) is 0. The third-order valence-corrected chi connectivity index (χ3v) is 4.28. The molecule has 1 aliphatic rings. The third kappa shape index (κ3) is 3.44. The van der Waals surface area contributed by atoms with Gasteiger partial charge in [0, 0.05) is 24.7 Å². The Morgan fingerprint density at radius 2 is 2.22 bits per heavy atom. The van der Waals surface area contributed by atoms with Crippen molar-refractivity contribution in [3.63, 3.8) is 0 Å². The van der Waals surface area contributed by atoms with Gasteiger partial charge in [-0.25, -0.2) is 0 Å². The van der Waals surface area contributed by atoms with Crippen molar-refractivity contribution in [3.8, 4) is 11.1 Å². The number of hydrogen-bond acceptors (Lipinski definition) is 3. The molecule has 1 amide bonds. The average Bonchev–Trinajstić information content (AvgIpc) is 3.01. The SMILES string of the molecule is NCCc1cccc(-c2cc[c]cc2C(=O)N2CC[C@H](N)C2)c1. The number of hydrogen-bond donors (Lipinski definition) is 2. The van der Waals surface area contributed by atoms with Crippen LogP contribution in [0.15, 0.2) is 42.5 Å². The molecule has 0 unspecified atom stereocenters. The van der Waals surface area contributed by atoms with Crippen LogP contribution in [0, 0.1) is 6.07 Å². The minimum absolute atomic E-state index is 0.0361. The predicted molar refractivity (Wildman–Crippen MR) is 92.0 cm³/mol. The Balaban J connectivity index is 1.94. The summed E-state index contributed by atoms with van der Waals surface area (Å²) in [6, 6.07) is 16.9. The van der Waals surface area contributed by atoms with Crippen LogP contribution in [0.5, 0.6) is 0 Å². The molecular weight excluding hydrogens is 286 g/mol. The highest BCUT2D eigenvalue weighted by molar-refractivity contribution is 6.01. The van der Waals surface area contributed by atoms with Gasteiger partial charge in [0.05, 0.1) is 0 Å². The van der Waals surface area contributed by atoms with Crippen molar-refractivity contribution in [1.29, 1.82) is 0 Å². The van der Waals surface area contributed by atoms with Gasteiger partial charge in [0.2, 0.25) is 0 Å². The quantitative estimate of drug-likeness (QED) is 0.905. The summed E-state index contributed by atoms with van der Waals surface area (Å²) in [4.78, 5) is 14.7. The molecule has 4 N–H and O–H groups in total. The molecule has 23 heavy (non-hydrogen) atoms. The molecule has 4 heteroatoms. The van der Waals surface area contributed by atoms with E-state index in [4.69, 9.17) is 11.5 Å². The fourth-order valence-electron chi connectivity index (χ4n) is 3.06. The number of likely N-dealkylation sites (tertiary alicyclic amines) is 1. The Labute approximate surface area is 137 Å². The lowest BCUT2D eigenvalue weighted by Gasteiger charge is -2.18. The van der Waals surface area contributed by atoms with E-state index in [9.17, 15) is 4.79 Å². The van der Waals surface area contributed by atoms with Gasteiger partial charge in [-0.05, 0) is 48.2 Å². The van der Waals surface area contributed by atoms with Crippen molar-refractivity contribution >= 4 is 5.91 Å². The second-order valence-electron chi connectivity index (χ2n) is 6.01. The van der Waals surface area contributed by atoms with Crippen molar-refractivity contribution in [2.24, 2.45) is 11.5 Å². The highest BCUT2D eigenvalue weighted by atomic mass is 16.2. The van der Waals surface area contributed by atoms with Crippen LogP contribution >= 0.6 is 0 Å². The topological polar surface area (TPSA) is 72.4 Å². The summed E-state index contributed by atoms with van der Waals surface area (Å²) in [5.74, 6) is 0.0361. The molecule has 0 spiro atoms. The van der Waals surface area contributed by atoms with E-state index >= 15 is 0 Å². The van der Waals surface area contributed by atoms with Gasteiger partial charge in [-0.15, -0.1) is 0 Å². The number of benzene rings is 2. The average molecular weight is 308 g/mol. The second-order valence-corrected chi connectivity index (χ2v) is 6.01. The van der Waals surface area contributed by atoms with Crippen LogP contribution in [0.3, 0.4) is 0 Å². The molecule has 119 valence electrons. The number of nitrogens with zero attached hydrogens (tertiary/aromatic N) is 1. The summed E-state index contributed by atoms with van der Waals surface area (Å²) in [5.41, 5.74) is 15.4. The molecule has 1 heterocycles. The molecule has 1 radical (unpaired) electrons. The zero-order chi connectivity index (χ0) is 16.2. The Hall–Kier alpha value is -2.17. The molecule has 1 aliphatic heterocycles. The van der Waals surface area contributed by atoms with Gasteiger partial charge in [-0.2, -0.15) is 0 Å². The number of carbonyl (C=O) groups is 1. The highest BCUT2D eigenvalue weighted by Crippen LogP contribution is 2.26. The van der Waals surface area contributed by atoms with E-state index in [1.165, 1.54) is 5.56 Å². The third-order valence-electron chi connectivity index (χ3n) is 4.28. The Bertz CT molecular complexity index is 699. The van der Waals surface area contributed by atoms with E-state index in [0.717, 1.165) is 30.5 Å². The summed E-state index contributed by atoms with van der Waals surface area (Å²) in [6.07, 6.45) is 1.70. The summed E-state index contributed by atoms with van der Waals surface area (Å²) < 4.78 is 0. The first-order valence-corrected chi connectivity index (χ1v) is 8.03. The largest absolute Gasteiger partial charge is 0.337 e. The number of carbonyl (C=O) groups excluding carboxylic acids is 1. The maximum atomic E-state index is 12.8. The smallest absolute Gasteiger partial charge is 0.254 e. The molecular formula is C19H22N3O. The van der Waals surface area contributed by atoms with Gasteiger partial charge >= 0.3 is 0 Å². The molecule has 2 aromatic rings. The Morgan fingerprint density at radius 1 is 1.35 bits per heavy atom. The number of rotatable bonds is 4. The van der Waals surface area contributed by atoms with Gasteiger partial charge in [0.15, 0.2) is 0 Å². The first-order chi connectivity index (χ1) is 11.2. The minimum atomic E-state index is 0.0361. The van der Waals surface area contributed by atoms with E-state index in [2.05, 4.69) is 18.2 Å². The Morgan fingerprint density at radius 3 is 2.96 bits per heavy atom. The molecule has 4 nitrogen and oxygen atoms in total. The fourth-order valence-corrected chi connectivity index (χ4v) is 3.06. The standard InChI is InChI=1S/C19H22N3O/c20-10-8-14-4-3-5-15(12-14)17-6-1-2-7-18(17)19(23)22-11-9-16(21)13-22/h1,3-7,12,16H,8-11,13,20-21H2/t16-/m0/s1. The van der Waals surface area contributed by atoms with E-state index in [1.54, 1.807) is 6.07 Å². The molecule has 0 aromatic heterocycles. The van der Waals surface area contributed by atoms with Crippen LogP contribution in [-0.2, 0) is 6.42 Å². The van der Waals surface area contributed by atoms with Gasteiger partial charge in [0.1, 0.15) is 0 Å². The van der Waals surface area contributed by atoms with Crippen LogP contribution in [0.25, 0.3) is 11.1 Å². The summed E-state index contributed by atoms with van der Waals surface area (Å²) in [7, 11) is 0. The van der Waals surface area contributed by atoms with Crippen LogP contribution in [-0.4, -0.2) is 36.5 Å². The van der Waals surface area contributed by atoms with Gasteiger partial charge < -0.3 is 16.4 Å². The second kappa shape index (κ2) is 6.94. The lowest BCUT2D eigenvalue weighted by Crippen LogP contribution is -2.32. The maximum absolute atomic E-state index is 12.8. The zero-order valence-corrected chi connectivity index (χ0v) is 13.2. The van der Waals surface area contributed by atoms with Gasteiger partial charge in [-0.3, -0.25) is 4.79 Å². The summed E-state index contributed by atoms with van der Waals surface area (Å²) in [6.45, 7) is 1.96. The van der Waals surface area contributed by atoms with Crippen molar-refractivity contribution in [2.45, 2.75) is 18.9 Å². The molecule has 3 rings (SSSR count). The Kier molecular flexibility index (Phi) is 4.74. The molecule has 2 aromatic carbocycles. The molecule has 0 aliphatic carbocycles. The van der Waals surface area contributed by atoms with Crippen LogP contribution < -0.4 is 11.5 Å². The minimum Gasteiger partial charge on any atom is -0.337 e. The van der Waals surface area contributed by atoms with E-state index in [0.29, 0.717) is 18.7 Å². The lowest BCUT2D eigenvalue weighted by molar-refractivity contribution is 0.0791. The highest BCUT2D eigenvalue weighted by Gasteiger charge is 2.26. The van der Waals surface area contributed by atoms with Gasteiger partial charge in [-0.1, -0.05) is 36.4 Å². The molecule has 0 saturated carbocycles. The zero-order valence-electron chi connectivity index (χ0n) is 13.2. The van der Waals surface area contributed by atoms with Crippen molar-refractivity contribution in [1.82, 2.24) is 4.90 Å². The van der Waals surface area contributed by atoms with Crippen LogP contribution in [0.2, 0.25) is 0 Å². The maximum Gasteiger partial charge on any atom is 0.254 e. The predicted octanol–water partition coefficient (Wildman–Crippen LogP) is 1.83. The van der Waals surface area contributed by atoms with Crippen LogP contribution in [0.4, 0.5) is 0 Å². The number of nitrogens with two attached hydrogens (primary N) is 2. The molecule has 0 bridgehead atoms. The molecule has 1 fully saturated rings. The lowest BCUT2D eigenvalue weighted by atomic mass is 9.96. The van der Waals surface area contributed by atoms with Crippen molar-refractivity contribution in [2.75, 3.05) is 19.6 Å². The monoisotopic (exact) mass is 308 g/mol. The first-order valence-electron chi connectivity index (χ1n) is 8.03. The normalized spacial score (nSPS) is 17.5.